The van der Waals surface area contributed by atoms with Crippen molar-refractivity contribution in [3.63, 3.8) is 0 Å². The van der Waals surface area contributed by atoms with Crippen LogP contribution < -0.4 is 0 Å². The van der Waals surface area contributed by atoms with Crippen molar-refractivity contribution in [2.75, 3.05) is 19.6 Å². The fraction of sp³-hybridized carbons (Fsp3) is 0.632. The van der Waals surface area contributed by atoms with Crippen LogP contribution in [0.2, 0.25) is 0 Å². The summed E-state index contributed by atoms with van der Waals surface area (Å²) in [5.74, 6) is -0.297. The highest BCUT2D eigenvalue weighted by molar-refractivity contribution is 5.78. The molecule has 2 aliphatic heterocycles. The van der Waals surface area contributed by atoms with Gasteiger partial charge in [-0.2, -0.15) is 0 Å². The molecule has 0 bridgehead atoms. The third-order valence-corrected chi connectivity index (χ3v) is 5.30. The number of nitrogens with zero attached hydrogens (tertiary/aromatic N) is 2. The second-order valence-corrected chi connectivity index (χ2v) is 7.45. The first kappa shape index (κ1) is 17.3. The molecule has 0 radical (unpaired) electrons. The average molecular weight is 336 g/mol. The van der Waals surface area contributed by atoms with E-state index in [-0.39, 0.29) is 11.8 Å². The summed E-state index contributed by atoms with van der Waals surface area (Å²) in [5.41, 5.74) is 0.689. The van der Waals surface area contributed by atoms with E-state index in [0.29, 0.717) is 24.1 Å². The van der Waals surface area contributed by atoms with Crippen molar-refractivity contribution in [2.45, 2.75) is 45.7 Å². The summed E-state index contributed by atoms with van der Waals surface area (Å²) in [6.07, 6.45) is 3.14. The predicted molar refractivity (Wildman–Crippen MR) is 89.3 cm³/mol. The van der Waals surface area contributed by atoms with Gasteiger partial charge in [-0.15, -0.1) is 0 Å². The number of hydrogen-bond acceptors (Lipinski definition) is 2. The van der Waals surface area contributed by atoms with E-state index in [2.05, 4.69) is 4.90 Å². The van der Waals surface area contributed by atoms with Gasteiger partial charge in [0.25, 0.3) is 0 Å². The van der Waals surface area contributed by atoms with Gasteiger partial charge >= 0.3 is 0 Å². The highest BCUT2D eigenvalue weighted by Crippen LogP contribution is 2.32. The molecule has 2 heterocycles. The summed E-state index contributed by atoms with van der Waals surface area (Å²) in [7, 11) is 0. The molecule has 0 N–H and O–H groups in total. The predicted octanol–water partition coefficient (Wildman–Crippen LogP) is 3.43. The van der Waals surface area contributed by atoms with Crippen molar-refractivity contribution >= 4 is 5.91 Å². The van der Waals surface area contributed by atoms with Crippen LogP contribution in [0.1, 0.15) is 38.7 Å². The maximum Gasteiger partial charge on any atom is 0.225 e. The van der Waals surface area contributed by atoms with Crippen LogP contribution in [0.25, 0.3) is 0 Å². The molecule has 24 heavy (non-hydrogen) atoms. The molecule has 5 heteroatoms. The number of hydrogen-bond donors (Lipinski definition) is 0. The van der Waals surface area contributed by atoms with Gasteiger partial charge in [0.1, 0.15) is 11.6 Å². The molecule has 0 aromatic heterocycles. The van der Waals surface area contributed by atoms with Crippen molar-refractivity contribution in [1.82, 2.24) is 9.80 Å². The average Bonchev–Trinajstić information content (AvgIpc) is 2.53. The topological polar surface area (TPSA) is 23.6 Å². The first-order chi connectivity index (χ1) is 11.4. The Morgan fingerprint density at radius 3 is 2.54 bits per heavy atom. The molecular formula is C19H26F2N2O. The molecule has 0 aliphatic carbocycles. The molecule has 2 aliphatic rings. The summed E-state index contributed by atoms with van der Waals surface area (Å²) in [6, 6.07) is 4.16. The van der Waals surface area contributed by atoms with E-state index in [4.69, 9.17) is 0 Å². The molecule has 132 valence electrons. The van der Waals surface area contributed by atoms with Crippen molar-refractivity contribution in [1.29, 1.82) is 0 Å². The van der Waals surface area contributed by atoms with Crippen LogP contribution in [0, 0.1) is 23.5 Å². The van der Waals surface area contributed by atoms with Crippen LogP contribution >= 0.6 is 0 Å². The summed E-state index contributed by atoms with van der Waals surface area (Å²) in [4.78, 5) is 16.6. The van der Waals surface area contributed by atoms with Crippen LogP contribution in [-0.2, 0) is 11.3 Å². The zero-order valence-corrected chi connectivity index (χ0v) is 14.5. The Bertz CT molecular complexity index is 585. The molecule has 3 nitrogen and oxygen atoms in total. The van der Waals surface area contributed by atoms with Crippen LogP contribution in [0.4, 0.5) is 8.78 Å². The van der Waals surface area contributed by atoms with Gasteiger partial charge < -0.3 is 4.90 Å². The second-order valence-electron chi connectivity index (χ2n) is 7.45. The van der Waals surface area contributed by atoms with Crippen LogP contribution in [-0.4, -0.2) is 41.4 Å². The smallest absolute Gasteiger partial charge is 0.225 e. The minimum absolute atomic E-state index is 0.0384. The van der Waals surface area contributed by atoms with Gasteiger partial charge in [0, 0.05) is 37.7 Å². The monoisotopic (exact) mass is 336 g/mol. The third kappa shape index (κ3) is 3.77. The Morgan fingerprint density at radius 1 is 1.17 bits per heavy atom. The molecule has 2 fully saturated rings. The number of piperidine rings is 2. The molecule has 1 amide bonds. The van der Waals surface area contributed by atoms with Crippen molar-refractivity contribution in [2.24, 2.45) is 11.8 Å². The van der Waals surface area contributed by atoms with Crippen molar-refractivity contribution < 1.29 is 13.6 Å². The molecule has 0 saturated carbocycles. The second kappa shape index (κ2) is 7.18. The lowest BCUT2D eigenvalue weighted by atomic mass is 9.83. The van der Waals surface area contributed by atoms with Gasteiger partial charge in [-0.3, -0.25) is 9.69 Å². The number of halogens is 2. The number of amides is 1. The molecule has 1 aromatic rings. The first-order valence-electron chi connectivity index (χ1n) is 8.92. The highest BCUT2D eigenvalue weighted by Gasteiger charge is 2.37. The number of carbonyl (C=O) groups is 1. The number of carbonyl (C=O) groups excluding carboxylic acids is 1. The van der Waals surface area contributed by atoms with E-state index in [9.17, 15) is 13.6 Å². The standard InChI is InChI=1S/C19H26F2N2O/c1-13(2)19(24)23-7-5-18-15(12-23)4-3-6-22(18)11-14-8-16(20)10-17(21)9-14/h8-10,13,15,18H,3-7,11-12H2,1-2H3/t15-,18+/m1/s1. The Labute approximate surface area is 142 Å². The normalized spacial score (nSPS) is 25.0. The van der Waals surface area contributed by atoms with E-state index >= 15 is 0 Å². The molecule has 3 rings (SSSR count). The number of rotatable bonds is 3. The molecule has 0 unspecified atom stereocenters. The quantitative estimate of drug-likeness (QED) is 0.844. The lowest BCUT2D eigenvalue weighted by molar-refractivity contribution is -0.138. The van der Waals surface area contributed by atoms with Gasteiger partial charge in [0.05, 0.1) is 0 Å². The van der Waals surface area contributed by atoms with Crippen LogP contribution in [0.3, 0.4) is 0 Å². The van der Waals surface area contributed by atoms with E-state index in [0.717, 1.165) is 45.0 Å². The number of benzene rings is 1. The van der Waals surface area contributed by atoms with Gasteiger partial charge in [-0.1, -0.05) is 13.8 Å². The lowest BCUT2D eigenvalue weighted by Gasteiger charge is -2.47. The minimum atomic E-state index is -0.518. The Kier molecular flexibility index (Phi) is 5.18. The van der Waals surface area contributed by atoms with Crippen LogP contribution in [0.5, 0.6) is 0 Å². The fourth-order valence-corrected chi connectivity index (χ4v) is 4.20. The molecular weight excluding hydrogens is 310 g/mol. The summed E-state index contributed by atoms with van der Waals surface area (Å²) in [5, 5.41) is 0. The van der Waals surface area contributed by atoms with Gasteiger partial charge in [-0.05, 0) is 49.4 Å². The maximum absolute atomic E-state index is 13.4. The molecule has 1 aromatic carbocycles. The van der Waals surface area contributed by atoms with Crippen LogP contribution in [0.15, 0.2) is 18.2 Å². The fourth-order valence-electron chi connectivity index (χ4n) is 4.20. The zero-order chi connectivity index (χ0) is 17.3. The van der Waals surface area contributed by atoms with Crippen molar-refractivity contribution in [3.8, 4) is 0 Å². The summed E-state index contributed by atoms with van der Waals surface area (Å²) < 4.78 is 26.9. The maximum atomic E-state index is 13.4. The zero-order valence-electron chi connectivity index (χ0n) is 14.5. The summed E-state index contributed by atoms with van der Waals surface area (Å²) in [6.45, 7) is 7.02. The Morgan fingerprint density at radius 2 is 1.88 bits per heavy atom. The number of likely N-dealkylation sites (tertiary alicyclic amines) is 2. The number of fused-ring (bicyclic) bond motifs is 1. The van der Waals surface area contributed by atoms with E-state index in [1.165, 1.54) is 12.1 Å². The lowest BCUT2D eigenvalue weighted by Crippen LogP contribution is -2.55. The van der Waals surface area contributed by atoms with Gasteiger partial charge in [-0.25, -0.2) is 8.78 Å². The molecule has 2 saturated heterocycles. The molecule has 2 atom stereocenters. The first-order valence-corrected chi connectivity index (χ1v) is 8.92. The SMILES string of the molecule is CC(C)C(=O)N1CC[C@H]2[C@H](CCCN2Cc2cc(F)cc(F)c2)C1. The summed E-state index contributed by atoms with van der Waals surface area (Å²) >= 11 is 0. The van der Waals surface area contributed by atoms with Crippen molar-refractivity contribution in [3.05, 3.63) is 35.4 Å². The third-order valence-electron chi connectivity index (χ3n) is 5.30. The molecule has 0 spiro atoms. The van der Waals surface area contributed by atoms with Gasteiger partial charge in [0.15, 0.2) is 0 Å². The van der Waals surface area contributed by atoms with E-state index in [1.54, 1.807) is 0 Å². The Hall–Kier alpha value is -1.49. The van der Waals surface area contributed by atoms with E-state index < -0.39 is 11.6 Å². The highest BCUT2D eigenvalue weighted by atomic mass is 19.1. The minimum Gasteiger partial charge on any atom is -0.342 e. The van der Waals surface area contributed by atoms with E-state index in [1.807, 2.05) is 18.7 Å². The largest absolute Gasteiger partial charge is 0.342 e. The Balaban J connectivity index is 1.68. The van der Waals surface area contributed by atoms with Gasteiger partial charge in [0.2, 0.25) is 5.91 Å².